The third-order valence-electron chi connectivity index (χ3n) is 3.58. The van der Waals surface area contributed by atoms with Crippen molar-refractivity contribution in [3.05, 3.63) is 53.3 Å². The summed E-state index contributed by atoms with van der Waals surface area (Å²) in [4.78, 5) is 11.2. The molecule has 2 aromatic carbocycles. The number of hydrogen-bond donors (Lipinski definition) is 1. The minimum absolute atomic E-state index is 0.0688. The van der Waals surface area contributed by atoms with Gasteiger partial charge in [-0.1, -0.05) is 0 Å². The van der Waals surface area contributed by atoms with Crippen LogP contribution in [0.5, 0.6) is 5.75 Å². The van der Waals surface area contributed by atoms with Crippen LogP contribution < -0.4 is 9.50 Å². The average Bonchev–Trinajstić information content (AvgIpc) is 2.46. The van der Waals surface area contributed by atoms with Gasteiger partial charge in [0.1, 0.15) is 16.5 Å². The van der Waals surface area contributed by atoms with E-state index in [-0.39, 0.29) is 22.1 Å². The summed E-state index contributed by atoms with van der Waals surface area (Å²) >= 11 is 0. The Balaban J connectivity index is 1.90. The summed E-state index contributed by atoms with van der Waals surface area (Å²) in [6.07, 6.45) is 0.869. The average molecular weight is 335 g/mol. The second-order valence-electron chi connectivity index (χ2n) is 5.31. The lowest BCUT2D eigenvalue weighted by Crippen LogP contribution is -2.19. The van der Waals surface area contributed by atoms with Crippen molar-refractivity contribution in [2.24, 2.45) is 0 Å². The summed E-state index contributed by atoms with van der Waals surface area (Å²) in [6, 6.07) is 8.06. The summed E-state index contributed by atoms with van der Waals surface area (Å²) in [5, 5.41) is 2.71. The molecule has 0 unspecified atom stereocenters. The van der Waals surface area contributed by atoms with Crippen LogP contribution in [0.4, 0.5) is 10.1 Å². The number of benzene rings is 2. The third-order valence-corrected chi connectivity index (χ3v) is 4.99. The maximum atomic E-state index is 13.1. The van der Waals surface area contributed by atoms with Gasteiger partial charge in [-0.3, -0.25) is 4.79 Å². The molecule has 5 nitrogen and oxygen atoms in total. The van der Waals surface area contributed by atoms with E-state index in [1.165, 1.54) is 19.1 Å². The smallest absolute Gasteiger partial charge is 0.339 e. The van der Waals surface area contributed by atoms with Gasteiger partial charge in [-0.15, -0.1) is 0 Å². The molecule has 0 radical (unpaired) electrons. The van der Waals surface area contributed by atoms with Crippen molar-refractivity contribution in [1.29, 1.82) is 0 Å². The highest BCUT2D eigenvalue weighted by Gasteiger charge is 2.21. The summed E-state index contributed by atoms with van der Waals surface area (Å²) in [5.74, 6) is -0.421. The van der Waals surface area contributed by atoms with Gasteiger partial charge >= 0.3 is 10.1 Å². The summed E-state index contributed by atoms with van der Waals surface area (Å²) in [5.41, 5.74) is 1.74. The largest absolute Gasteiger partial charge is 0.379 e. The molecular weight excluding hydrogens is 321 g/mol. The van der Waals surface area contributed by atoms with Gasteiger partial charge in [0, 0.05) is 12.1 Å². The number of amides is 1. The van der Waals surface area contributed by atoms with Crippen LogP contribution in [0.3, 0.4) is 0 Å². The van der Waals surface area contributed by atoms with E-state index in [1.807, 2.05) is 0 Å². The van der Waals surface area contributed by atoms with E-state index in [0.29, 0.717) is 18.5 Å². The molecule has 23 heavy (non-hydrogen) atoms. The number of rotatable bonds is 3. The second kappa shape index (κ2) is 5.66. The molecule has 1 amide bonds. The van der Waals surface area contributed by atoms with E-state index in [0.717, 1.165) is 17.7 Å². The van der Waals surface area contributed by atoms with Crippen molar-refractivity contribution in [3.63, 3.8) is 0 Å². The number of hydrogen-bond acceptors (Lipinski definition) is 4. The van der Waals surface area contributed by atoms with Crippen molar-refractivity contribution in [2.75, 3.05) is 5.32 Å². The number of carbonyl (C=O) groups is 1. The molecule has 3 rings (SSSR count). The Labute approximate surface area is 133 Å². The van der Waals surface area contributed by atoms with Crippen LogP contribution in [0.2, 0.25) is 0 Å². The monoisotopic (exact) mass is 335 g/mol. The van der Waals surface area contributed by atoms with E-state index >= 15 is 0 Å². The molecule has 2 aromatic rings. The van der Waals surface area contributed by atoms with Crippen molar-refractivity contribution in [1.82, 2.24) is 0 Å². The van der Waals surface area contributed by atoms with Gasteiger partial charge in [0.2, 0.25) is 5.91 Å². The zero-order valence-electron chi connectivity index (χ0n) is 12.3. The number of anilines is 1. The Morgan fingerprint density at radius 3 is 2.65 bits per heavy atom. The Morgan fingerprint density at radius 1 is 1.13 bits per heavy atom. The van der Waals surface area contributed by atoms with Crippen LogP contribution in [-0.2, 0) is 21.3 Å². The third kappa shape index (κ3) is 3.19. The quantitative estimate of drug-likeness (QED) is 0.876. The molecule has 0 atom stereocenters. The number of nitrogens with one attached hydrogen (secondary N) is 1. The van der Waals surface area contributed by atoms with Gasteiger partial charge in [0.25, 0.3) is 0 Å². The molecule has 0 spiro atoms. The highest BCUT2D eigenvalue weighted by atomic mass is 32.2. The first kappa shape index (κ1) is 15.5. The molecule has 0 bridgehead atoms. The summed E-state index contributed by atoms with van der Waals surface area (Å²) in [6.45, 7) is 1.50. The lowest BCUT2D eigenvalue weighted by atomic mass is 10.0. The van der Waals surface area contributed by atoms with E-state index in [1.54, 1.807) is 12.1 Å². The Morgan fingerprint density at radius 2 is 1.91 bits per heavy atom. The van der Waals surface area contributed by atoms with Crippen LogP contribution in [0.25, 0.3) is 0 Å². The van der Waals surface area contributed by atoms with Crippen LogP contribution in [0, 0.1) is 12.7 Å². The number of carbonyl (C=O) groups excluding carboxylic acids is 1. The first-order chi connectivity index (χ1) is 10.8. The fourth-order valence-corrected chi connectivity index (χ4v) is 3.61. The Kier molecular flexibility index (Phi) is 3.81. The maximum Gasteiger partial charge on any atom is 0.339 e. The van der Waals surface area contributed by atoms with E-state index < -0.39 is 15.9 Å². The molecule has 1 N–H and O–H groups in total. The first-order valence-corrected chi connectivity index (χ1v) is 8.39. The van der Waals surface area contributed by atoms with Gasteiger partial charge in [-0.2, -0.15) is 8.42 Å². The predicted octanol–water partition coefficient (Wildman–Crippen LogP) is 2.79. The van der Waals surface area contributed by atoms with Crippen LogP contribution >= 0.6 is 0 Å². The van der Waals surface area contributed by atoms with Gasteiger partial charge in [-0.25, -0.2) is 4.39 Å². The molecule has 1 aliphatic heterocycles. The lowest BCUT2D eigenvalue weighted by Gasteiger charge is -2.17. The molecule has 0 saturated carbocycles. The first-order valence-electron chi connectivity index (χ1n) is 6.98. The van der Waals surface area contributed by atoms with Crippen LogP contribution in [0.1, 0.15) is 17.5 Å². The SMILES string of the molecule is Cc1cc(F)ccc1S(=O)(=O)Oc1ccc2c(c1)CCC(=O)N2. The van der Waals surface area contributed by atoms with Gasteiger partial charge in [0.05, 0.1) is 0 Å². The molecule has 0 aliphatic carbocycles. The fourth-order valence-electron chi connectivity index (χ4n) is 2.48. The van der Waals surface area contributed by atoms with Crippen molar-refractivity contribution in [3.8, 4) is 5.75 Å². The molecule has 0 fully saturated rings. The zero-order valence-corrected chi connectivity index (χ0v) is 13.1. The predicted molar refractivity (Wildman–Crippen MR) is 82.3 cm³/mol. The van der Waals surface area contributed by atoms with Crippen molar-refractivity contribution in [2.45, 2.75) is 24.7 Å². The number of aryl methyl sites for hydroxylation is 2. The lowest BCUT2D eigenvalue weighted by molar-refractivity contribution is -0.116. The van der Waals surface area contributed by atoms with E-state index in [2.05, 4.69) is 5.32 Å². The Bertz CT molecular complexity index is 893. The maximum absolute atomic E-state index is 13.1. The summed E-state index contributed by atoms with van der Waals surface area (Å²) < 4.78 is 42.9. The van der Waals surface area contributed by atoms with Crippen LogP contribution in [-0.4, -0.2) is 14.3 Å². The molecule has 1 aliphatic rings. The summed E-state index contributed by atoms with van der Waals surface area (Å²) in [7, 11) is -4.05. The van der Waals surface area contributed by atoms with Crippen LogP contribution in [0.15, 0.2) is 41.3 Å². The highest BCUT2D eigenvalue weighted by molar-refractivity contribution is 7.87. The zero-order chi connectivity index (χ0) is 16.6. The second-order valence-corrected chi connectivity index (χ2v) is 6.83. The molecule has 7 heteroatoms. The topological polar surface area (TPSA) is 72.5 Å². The molecule has 0 aromatic heterocycles. The van der Waals surface area contributed by atoms with Crippen molar-refractivity contribution < 1.29 is 21.8 Å². The molecule has 120 valence electrons. The minimum Gasteiger partial charge on any atom is -0.379 e. The van der Waals surface area contributed by atoms with E-state index in [9.17, 15) is 17.6 Å². The number of halogens is 1. The minimum atomic E-state index is -4.05. The standard InChI is InChI=1S/C16H14FNO4S/c1-10-8-12(17)3-6-15(10)23(20,21)22-13-4-5-14-11(9-13)2-7-16(19)18-14/h3-6,8-9H,2,7H2,1H3,(H,18,19). The van der Waals surface area contributed by atoms with Gasteiger partial charge < -0.3 is 9.50 Å². The van der Waals surface area contributed by atoms with E-state index in [4.69, 9.17) is 4.18 Å². The van der Waals surface area contributed by atoms with Gasteiger partial charge in [0.15, 0.2) is 0 Å². The normalized spacial score (nSPS) is 14.1. The fraction of sp³-hybridized carbons (Fsp3) is 0.188. The van der Waals surface area contributed by atoms with Gasteiger partial charge in [-0.05, 0) is 60.9 Å². The van der Waals surface area contributed by atoms with Crippen molar-refractivity contribution >= 4 is 21.7 Å². The number of fused-ring (bicyclic) bond motifs is 1. The molecular formula is C16H14FNO4S. The molecule has 1 heterocycles. The molecule has 0 saturated heterocycles. The Hall–Kier alpha value is -2.41. The highest BCUT2D eigenvalue weighted by Crippen LogP contribution is 2.29.